The average Bonchev–Trinajstić information content (AvgIpc) is 2.43. The van der Waals surface area contributed by atoms with E-state index in [9.17, 15) is 15.2 Å². The van der Waals surface area contributed by atoms with Gasteiger partial charge in [-0.2, -0.15) is 0 Å². The molecule has 0 radical (unpaired) electrons. The van der Waals surface area contributed by atoms with Crippen LogP contribution >= 0.6 is 23.2 Å². The van der Waals surface area contributed by atoms with Crippen LogP contribution in [0.4, 0.5) is 11.4 Å². The molecule has 2 N–H and O–H groups in total. The number of nitrogens with one attached hydrogen (secondary N) is 1. The number of hydrogen-bond donors (Lipinski definition) is 2. The number of ether oxygens (including phenoxy) is 1. The summed E-state index contributed by atoms with van der Waals surface area (Å²) in [6.45, 7) is 0.950. The van der Waals surface area contributed by atoms with Gasteiger partial charge >= 0.3 is 0 Å². The summed E-state index contributed by atoms with van der Waals surface area (Å²) in [4.78, 5) is 10.2. The maximum atomic E-state index is 10.7. The highest BCUT2D eigenvalue weighted by Crippen LogP contribution is 2.38. The Morgan fingerprint density at radius 1 is 1.35 bits per heavy atom. The highest BCUT2D eigenvalue weighted by Gasteiger charge is 2.33. The molecule has 0 atom stereocenters. The molecule has 0 aliphatic carbocycles. The second-order valence-electron chi connectivity index (χ2n) is 4.72. The summed E-state index contributed by atoms with van der Waals surface area (Å²) in [7, 11) is 0. The van der Waals surface area contributed by atoms with Gasteiger partial charge in [-0.25, -0.2) is 0 Å². The maximum absolute atomic E-state index is 10.7. The number of nitro benzene ring substituents is 1. The Balaban J connectivity index is 2.30. The summed E-state index contributed by atoms with van der Waals surface area (Å²) in [6, 6.07) is 2.47. The number of rotatable bonds is 4. The van der Waals surface area contributed by atoms with Crippen molar-refractivity contribution in [2.75, 3.05) is 25.1 Å². The maximum Gasteiger partial charge on any atom is 0.272 e. The largest absolute Gasteiger partial charge is 0.394 e. The lowest BCUT2D eigenvalue weighted by atomic mass is 9.90. The van der Waals surface area contributed by atoms with Crippen molar-refractivity contribution in [3.8, 4) is 0 Å². The van der Waals surface area contributed by atoms with Crippen LogP contribution in [0.15, 0.2) is 12.1 Å². The SMILES string of the molecule is O=[N+]([O-])c1cc(Cl)c(NC2(CO)CCOCC2)c(Cl)c1. The smallest absolute Gasteiger partial charge is 0.272 e. The normalized spacial score (nSPS) is 17.8. The van der Waals surface area contributed by atoms with Crippen LogP contribution in [0.3, 0.4) is 0 Å². The number of anilines is 1. The third kappa shape index (κ3) is 3.15. The Morgan fingerprint density at radius 2 is 1.90 bits per heavy atom. The van der Waals surface area contributed by atoms with E-state index in [1.165, 1.54) is 12.1 Å². The van der Waals surface area contributed by atoms with E-state index in [-0.39, 0.29) is 22.3 Å². The van der Waals surface area contributed by atoms with Crippen LogP contribution in [0, 0.1) is 10.1 Å². The van der Waals surface area contributed by atoms with Gasteiger partial charge in [-0.1, -0.05) is 23.2 Å². The molecule has 0 spiro atoms. The van der Waals surface area contributed by atoms with Gasteiger partial charge in [-0.3, -0.25) is 10.1 Å². The van der Waals surface area contributed by atoms with Crippen LogP contribution < -0.4 is 5.32 Å². The van der Waals surface area contributed by atoms with E-state index in [0.29, 0.717) is 31.7 Å². The summed E-state index contributed by atoms with van der Waals surface area (Å²) < 4.78 is 5.27. The van der Waals surface area contributed by atoms with Gasteiger partial charge in [0.2, 0.25) is 0 Å². The van der Waals surface area contributed by atoms with Crippen molar-refractivity contribution in [2.45, 2.75) is 18.4 Å². The minimum Gasteiger partial charge on any atom is -0.394 e. The molecule has 0 saturated carbocycles. The molecule has 110 valence electrons. The molecule has 1 aromatic carbocycles. The Morgan fingerprint density at radius 3 is 2.35 bits per heavy atom. The van der Waals surface area contributed by atoms with E-state index < -0.39 is 10.5 Å². The van der Waals surface area contributed by atoms with Crippen molar-refractivity contribution in [1.82, 2.24) is 0 Å². The highest BCUT2D eigenvalue weighted by atomic mass is 35.5. The molecule has 0 bridgehead atoms. The lowest BCUT2D eigenvalue weighted by molar-refractivity contribution is -0.384. The van der Waals surface area contributed by atoms with Gasteiger partial charge in [-0.15, -0.1) is 0 Å². The van der Waals surface area contributed by atoms with Gasteiger partial charge in [0.15, 0.2) is 0 Å². The summed E-state index contributed by atoms with van der Waals surface area (Å²) >= 11 is 12.1. The van der Waals surface area contributed by atoms with E-state index in [4.69, 9.17) is 27.9 Å². The molecule has 20 heavy (non-hydrogen) atoms. The Hall–Kier alpha value is -1.08. The quantitative estimate of drug-likeness (QED) is 0.658. The predicted octanol–water partition coefficient (Wildman–Crippen LogP) is 2.86. The number of hydrogen-bond acceptors (Lipinski definition) is 5. The summed E-state index contributed by atoms with van der Waals surface area (Å²) in [5, 5.41) is 23.8. The lowest BCUT2D eigenvalue weighted by Gasteiger charge is -2.37. The Bertz CT molecular complexity index is 495. The third-order valence-electron chi connectivity index (χ3n) is 3.38. The first-order valence-corrected chi connectivity index (χ1v) is 6.83. The Labute approximate surface area is 125 Å². The number of aliphatic hydroxyl groups excluding tert-OH is 1. The van der Waals surface area contributed by atoms with E-state index >= 15 is 0 Å². The van der Waals surface area contributed by atoms with Gasteiger partial charge in [0.25, 0.3) is 5.69 Å². The minimum absolute atomic E-state index is 0.0972. The zero-order chi connectivity index (χ0) is 14.8. The first-order chi connectivity index (χ1) is 9.47. The third-order valence-corrected chi connectivity index (χ3v) is 3.98. The van der Waals surface area contributed by atoms with Crippen LogP contribution in [0.2, 0.25) is 10.0 Å². The molecule has 1 aliphatic rings. The molecule has 0 amide bonds. The molecule has 1 fully saturated rings. The molecular weight excluding hydrogens is 307 g/mol. The van der Waals surface area contributed by atoms with Crippen LogP contribution in [-0.2, 0) is 4.74 Å². The number of halogens is 2. The first-order valence-electron chi connectivity index (χ1n) is 6.08. The lowest BCUT2D eigenvalue weighted by Crippen LogP contribution is -2.47. The average molecular weight is 321 g/mol. The summed E-state index contributed by atoms with van der Waals surface area (Å²) in [5.74, 6) is 0. The molecule has 0 aromatic heterocycles. The van der Waals surface area contributed by atoms with Gasteiger partial charge < -0.3 is 15.2 Å². The van der Waals surface area contributed by atoms with E-state index in [0.717, 1.165) is 0 Å². The van der Waals surface area contributed by atoms with Crippen molar-refractivity contribution >= 4 is 34.6 Å². The minimum atomic E-state index is -0.568. The highest BCUT2D eigenvalue weighted by molar-refractivity contribution is 6.39. The topological polar surface area (TPSA) is 84.6 Å². The van der Waals surface area contributed by atoms with Crippen molar-refractivity contribution < 1.29 is 14.8 Å². The van der Waals surface area contributed by atoms with Crippen LogP contribution in [0.25, 0.3) is 0 Å². The van der Waals surface area contributed by atoms with Gasteiger partial charge in [0.05, 0.1) is 32.8 Å². The van der Waals surface area contributed by atoms with Crippen molar-refractivity contribution in [3.05, 3.63) is 32.3 Å². The van der Waals surface area contributed by atoms with Crippen LogP contribution in [0.1, 0.15) is 12.8 Å². The van der Waals surface area contributed by atoms with Crippen molar-refractivity contribution in [3.63, 3.8) is 0 Å². The molecule has 1 saturated heterocycles. The van der Waals surface area contributed by atoms with Gasteiger partial charge in [-0.05, 0) is 12.8 Å². The molecule has 1 aliphatic heterocycles. The number of nitro groups is 1. The second kappa shape index (κ2) is 6.13. The van der Waals surface area contributed by atoms with Gasteiger partial charge in [0.1, 0.15) is 0 Å². The fourth-order valence-corrected chi connectivity index (χ4v) is 2.70. The summed E-state index contributed by atoms with van der Waals surface area (Å²) in [6.07, 6.45) is 1.21. The molecule has 0 unspecified atom stereocenters. The fraction of sp³-hybridized carbons (Fsp3) is 0.500. The molecule has 8 heteroatoms. The molecule has 2 rings (SSSR count). The molecular formula is C12H14Cl2N2O4. The number of aliphatic hydroxyl groups is 1. The van der Waals surface area contributed by atoms with E-state index in [1.54, 1.807) is 0 Å². The number of non-ortho nitro benzene ring substituents is 1. The zero-order valence-electron chi connectivity index (χ0n) is 10.6. The fourth-order valence-electron chi connectivity index (χ4n) is 2.13. The molecule has 6 nitrogen and oxygen atoms in total. The first kappa shape index (κ1) is 15.3. The molecule has 1 aromatic rings. The Kier molecular flexibility index (Phi) is 4.70. The standard InChI is InChI=1S/C12H14Cl2N2O4/c13-9-5-8(16(18)19)6-10(14)11(9)15-12(7-17)1-3-20-4-2-12/h5-6,15,17H,1-4,7H2. The second-order valence-corrected chi connectivity index (χ2v) is 5.53. The number of nitrogens with zero attached hydrogens (tertiary/aromatic N) is 1. The van der Waals surface area contributed by atoms with E-state index in [1.807, 2.05) is 0 Å². The predicted molar refractivity (Wildman–Crippen MR) is 76.6 cm³/mol. The van der Waals surface area contributed by atoms with Crippen LogP contribution in [0.5, 0.6) is 0 Å². The molecule has 1 heterocycles. The van der Waals surface area contributed by atoms with Crippen molar-refractivity contribution in [2.24, 2.45) is 0 Å². The number of benzene rings is 1. The van der Waals surface area contributed by atoms with E-state index in [2.05, 4.69) is 5.32 Å². The summed E-state index contributed by atoms with van der Waals surface area (Å²) in [5.41, 5.74) is -0.341. The van der Waals surface area contributed by atoms with Crippen molar-refractivity contribution in [1.29, 1.82) is 0 Å². The zero-order valence-corrected chi connectivity index (χ0v) is 12.1. The van der Waals surface area contributed by atoms with Crippen LogP contribution in [-0.4, -0.2) is 35.4 Å². The van der Waals surface area contributed by atoms with Gasteiger partial charge in [0, 0.05) is 25.3 Å². The monoisotopic (exact) mass is 320 g/mol.